The molecule has 22 heavy (non-hydrogen) atoms. The number of aliphatic carboxylic acids is 1. The zero-order valence-corrected chi connectivity index (χ0v) is 11.5. The van der Waals surface area contributed by atoms with Gasteiger partial charge in [-0.15, -0.1) is 0 Å². The molecule has 0 saturated heterocycles. The Morgan fingerprint density at radius 3 is 2.55 bits per heavy atom. The van der Waals surface area contributed by atoms with Gasteiger partial charge >= 0.3 is 18.2 Å². The predicted octanol–water partition coefficient (Wildman–Crippen LogP) is 3.29. The predicted molar refractivity (Wildman–Crippen MR) is 70.7 cm³/mol. The second-order valence-corrected chi connectivity index (χ2v) is 4.52. The summed E-state index contributed by atoms with van der Waals surface area (Å²) in [5, 5.41) is 9.12. The van der Waals surface area contributed by atoms with E-state index < -0.39 is 30.2 Å². The van der Waals surface area contributed by atoms with Gasteiger partial charge in [-0.05, 0) is 24.6 Å². The lowest BCUT2D eigenvalue weighted by molar-refractivity contribution is -0.138. The minimum atomic E-state index is -4.56. The summed E-state index contributed by atoms with van der Waals surface area (Å²) in [6.45, 7) is 1.61. The number of alkyl halides is 3. The van der Waals surface area contributed by atoms with Crippen LogP contribution in [0.5, 0.6) is 0 Å². The molecule has 1 N–H and O–H groups in total. The van der Waals surface area contributed by atoms with Crippen molar-refractivity contribution in [2.75, 3.05) is 6.61 Å². The maximum atomic E-state index is 12.8. The Balaban J connectivity index is 2.65. The monoisotopic (exact) mass is 315 g/mol. The minimum absolute atomic E-state index is 0.0375. The van der Waals surface area contributed by atoms with Crippen molar-refractivity contribution in [3.63, 3.8) is 0 Å². The van der Waals surface area contributed by atoms with Gasteiger partial charge in [0.2, 0.25) is 0 Å². The Bertz CT molecular complexity index is 733. The number of ether oxygens (including phenoxy) is 1. The quantitative estimate of drug-likeness (QED) is 0.943. The van der Waals surface area contributed by atoms with Crippen molar-refractivity contribution in [1.29, 1.82) is 0 Å². The van der Waals surface area contributed by atoms with Crippen molar-refractivity contribution in [1.82, 2.24) is 4.57 Å². The van der Waals surface area contributed by atoms with Crippen molar-refractivity contribution in [3.8, 4) is 0 Å². The molecule has 0 bridgehead atoms. The molecule has 2 rings (SSSR count). The number of carbonyl (C=O) groups excluding carboxylic acids is 1. The highest BCUT2D eigenvalue weighted by atomic mass is 19.4. The van der Waals surface area contributed by atoms with Crippen LogP contribution in [0.15, 0.2) is 24.4 Å². The molecule has 0 fully saturated rings. The molecule has 1 aromatic carbocycles. The summed E-state index contributed by atoms with van der Waals surface area (Å²) in [6.07, 6.45) is -4.64. The van der Waals surface area contributed by atoms with E-state index in [9.17, 15) is 22.8 Å². The van der Waals surface area contributed by atoms with Crippen LogP contribution in [0.2, 0.25) is 0 Å². The number of hydrogen-bond donors (Lipinski definition) is 1. The number of fused-ring (bicyclic) bond motifs is 1. The molecule has 0 radical (unpaired) electrons. The molecule has 0 aliphatic rings. The van der Waals surface area contributed by atoms with Gasteiger partial charge in [0, 0.05) is 11.6 Å². The number of hydrogen-bond acceptors (Lipinski definition) is 3. The average Bonchev–Trinajstić information content (AvgIpc) is 2.75. The largest absolute Gasteiger partial charge is 0.481 e. The lowest BCUT2D eigenvalue weighted by atomic mass is 10.1. The molecule has 0 aliphatic carbocycles. The van der Waals surface area contributed by atoms with E-state index in [1.807, 2.05) is 0 Å². The number of halogens is 3. The standard InChI is InChI=1S/C14H12F3NO4/c1-2-22-13(21)18-7-8(5-12(19)20)10-4-3-9(6-11(10)18)14(15,16)17/h3-4,6-7H,2,5H2,1H3,(H,19,20). The Kier molecular flexibility index (Phi) is 4.11. The molecule has 0 unspecified atom stereocenters. The van der Waals surface area contributed by atoms with Gasteiger partial charge in [0.05, 0.1) is 24.1 Å². The fraction of sp³-hybridized carbons (Fsp3) is 0.286. The first-order valence-corrected chi connectivity index (χ1v) is 6.34. The maximum Gasteiger partial charge on any atom is 0.418 e. The summed E-state index contributed by atoms with van der Waals surface area (Å²) in [4.78, 5) is 22.7. The average molecular weight is 315 g/mol. The van der Waals surface area contributed by atoms with Crippen LogP contribution in [0.25, 0.3) is 10.9 Å². The third-order valence-corrected chi connectivity index (χ3v) is 3.02. The van der Waals surface area contributed by atoms with Crippen molar-refractivity contribution in [2.24, 2.45) is 0 Å². The Hall–Kier alpha value is -2.51. The van der Waals surface area contributed by atoms with E-state index >= 15 is 0 Å². The van der Waals surface area contributed by atoms with Gasteiger partial charge in [0.1, 0.15) is 0 Å². The van der Waals surface area contributed by atoms with Gasteiger partial charge in [0.15, 0.2) is 0 Å². The number of carboxylic acids is 1. The number of aromatic nitrogens is 1. The molecule has 1 heterocycles. The van der Waals surface area contributed by atoms with Crippen molar-refractivity contribution >= 4 is 23.0 Å². The highest BCUT2D eigenvalue weighted by Crippen LogP contribution is 2.33. The molecular formula is C14H12F3NO4. The molecule has 0 saturated carbocycles. The van der Waals surface area contributed by atoms with Gasteiger partial charge in [-0.1, -0.05) is 6.07 Å². The van der Waals surface area contributed by atoms with Crippen LogP contribution < -0.4 is 0 Å². The fourth-order valence-electron chi connectivity index (χ4n) is 2.12. The van der Waals surface area contributed by atoms with Crippen molar-refractivity contribution in [3.05, 3.63) is 35.5 Å². The first-order valence-electron chi connectivity index (χ1n) is 6.34. The van der Waals surface area contributed by atoms with E-state index in [1.54, 1.807) is 6.92 Å². The molecule has 2 aromatic rings. The van der Waals surface area contributed by atoms with Gasteiger partial charge < -0.3 is 9.84 Å². The van der Waals surface area contributed by atoms with Gasteiger partial charge in [0.25, 0.3) is 0 Å². The number of rotatable bonds is 3. The number of carboxylic acid groups (broad SMARTS) is 1. The van der Waals surface area contributed by atoms with E-state index in [2.05, 4.69) is 0 Å². The zero-order valence-electron chi connectivity index (χ0n) is 11.5. The van der Waals surface area contributed by atoms with E-state index in [0.717, 1.165) is 22.8 Å². The van der Waals surface area contributed by atoms with Crippen LogP contribution in [0.4, 0.5) is 18.0 Å². The molecular weight excluding hydrogens is 303 g/mol. The maximum absolute atomic E-state index is 12.8. The summed E-state index contributed by atoms with van der Waals surface area (Å²) in [7, 11) is 0. The third kappa shape index (κ3) is 3.05. The number of carbonyl (C=O) groups is 2. The van der Waals surface area contributed by atoms with Gasteiger partial charge in [-0.25, -0.2) is 4.79 Å². The highest BCUT2D eigenvalue weighted by Gasteiger charge is 2.31. The summed E-state index contributed by atoms with van der Waals surface area (Å²) in [6, 6.07) is 2.81. The number of nitrogens with zero attached hydrogens (tertiary/aromatic N) is 1. The molecule has 1 aromatic heterocycles. The smallest absolute Gasteiger partial charge is 0.418 e. The lowest BCUT2D eigenvalue weighted by Gasteiger charge is -2.08. The Morgan fingerprint density at radius 2 is 2.00 bits per heavy atom. The van der Waals surface area contributed by atoms with Crippen LogP contribution in [0.3, 0.4) is 0 Å². The topological polar surface area (TPSA) is 68.5 Å². The molecule has 0 atom stereocenters. The van der Waals surface area contributed by atoms with Crippen LogP contribution in [-0.2, 0) is 22.1 Å². The third-order valence-electron chi connectivity index (χ3n) is 3.02. The summed E-state index contributed by atoms with van der Waals surface area (Å²) in [5.74, 6) is -1.15. The van der Waals surface area contributed by atoms with Crippen LogP contribution in [0, 0.1) is 0 Å². The fourth-order valence-corrected chi connectivity index (χ4v) is 2.12. The van der Waals surface area contributed by atoms with Crippen molar-refractivity contribution in [2.45, 2.75) is 19.5 Å². The van der Waals surface area contributed by atoms with Crippen LogP contribution >= 0.6 is 0 Å². The van der Waals surface area contributed by atoms with Crippen LogP contribution in [0.1, 0.15) is 18.1 Å². The SMILES string of the molecule is CCOC(=O)n1cc(CC(=O)O)c2ccc(C(F)(F)F)cc21. The second kappa shape index (κ2) is 5.70. The second-order valence-electron chi connectivity index (χ2n) is 4.52. The first-order chi connectivity index (χ1) is 10.2. The normalized spacial score (nSPS) is 11.6. The molecule has 0 aliphatic heterocycles. The van der Waals surface area contributed by atoms with Crippen molar-refractivity contribution < 1.29 is 32.6 Å². The van der Waals surface area contributed by atoms with Crippen LogP contribution in [-0.4, -0.2) is 28.3 Å². The Labute approximate surface area is 122 Å². The van der Waals surface area contributed by atoms with E-state index in [1.165, 1.54) is 6.20 Å². The van der Waals surface area contributed by atoms with E-state index in [0.29, 0.717) is 0 Å². The summed E-state index contributed by atoms with van der Waals surface area (Å²) in [5.41, 5.74) is -0.723. The van der Waals surface area contributed by atoms with E-state index in [-0.39, 0.29) is 23.1 Å². The zero-order chi connectivity index (χ0) is 16.5. The molecule has 0 spiro atoms. The van der Waals surface area contributed by atoms with Gasteiger partial charge in [-0.2, -0.15) is 13.2 Å². The van der Waals surface area contributed by atoms with Gasteiger partial charge in [-0.3, -0.25) is 9.36 Å². The minimum Gasteiger partial charge on any atom is -0.481 e. The summed E-state index contributed by atoms with van der Waals surface area (Å²) < 4.78 is 44.1. The Morgan fingerprint density at radius 1 is 1.32 bits per heavy atom. The summed E-state index contributed by atoms with van der Waals surface area (Å²) >= 11 is 0. The molecule has 118 valence electrons. The lowest BCUT2D eigenvalue weighted by Crippen LogP contribution is -2.13. The highest BCUT2D eigenvalue weighted by molar-refractivity contribution is 5.94. The molecule has 5 nitrogen and oxygen atoms in total. The van der Waals surface area contributed by atoms with E-state index in [4.69, 9.17) is 9.84 Å². The molecule has 0 amide bonds. The number of benzene rings is 1. The first kappa shape index (κ1) is 15.9. The molecule has 8 heteroatoms.